The van der Waals surface area contributed by atoms with Gasteiger partial charge in [0.1, 0.15) is 5.75 Å². The molecule has 0 aliphatic heterocycles. The molecule has 1 aromatic rings. The zero-order valence-corrected chi connectivity index (χ0v) is 13.8. The number of nitrogens with one attached hydrogen (secondary N) is 2. The Hall–Kier alpha value is -1.07. The third-order valence-corrected chi connectivity index (χ3v) is 4.40. The van der Waals surface area contributed by atoms with Crippen LogP contribution in [0.4, 0.5) is 0 Å². The van der Waals surface area contributed by atoms with Gasteiger partial charge in [0.25, 0.3) is 5.91 Å². The van der Waals surface area contributed by atoms with E-state index in [1.165, 1.54) is 44.6 Å². The fourth-order valence-electron chi connectivity index (χ4n) is 2.73. The van der Waals surface area contributed by atoms with E-state index >= 15 is 0 Å². The molecule has 1 aromatic carbocycles. The summed E-state index contributed by atoms with van der Waals surface area (Å²) < 4.78 is 0.756. The Morgan fingerprint density at radius 2 is 1.90 bits per heavy atom. The summed E-state index contributed by atoms with van der Waals surface area (Å²) in [6.45, 7) is 1.35. The molecular formula is C16H23BrN2O2. The van der Waals surface area contributed by atoms with Crippen molar-refractivity contribution in [3.05, 3.63) is 28.2 Å². The Labute approximate surface area is 134 Å². The highest BCUT2D eigenvalue weighted by Gasteiger charge is 2.12. The number of phenols is 1. The van der Waals surface area contributed by atoms with Crippen LogP contribution in [0.15, 0.2) is 22.7 Å². The normalized spacial score (nSPS) is 16.4. The highest BCUT2D eigenvalue weighted by molar-refractivity contribution is 9.10. The fourth-order valence-corrected chi connectivity index (χ4v) is 3.08. The average Bonchev–Trinajstić information content (AvgIpc) is 2.72. The minimum Gasteiger partial charge on any atom is -0.507 e. The fraction of sp³-hybridized carbons (Fsp3) is 0.562. The first-order valence-corrected chi connectivity index (χ1v) is 8.46. The number of hydrogen-bond donors (Lipinski definition) is 3. The number of rotatable bonds is 5. The predicted octanol–water partition coefficient (Wildman–Crippen LogP) is 3.20. The third-order valence-electron chi connectivity index (χ3n) is 3.90. The van der Waals surface area contributed by atoms with Crippen LogP contribution in [0.3, 0.4) is 0 Å². The van der Waals surface area contributed by atoms with Crippen LogP contribution in [0.25, 0.3) is 0 Å². The molecule has 0 radical (unpaired) electrons. The molecule has 1 fully saturated rings. The van der Waals surface area contributed by atoms with Gasteiger partial charge in [-0.1, -0.05) is 41.6 Å². The van der Waals surface area contributed by atoms with Crippen molar-refractivity contribution in [2.45, 2.75) is 44.6 Å². The van der Waals surface area contributed by atoms with E-state index in [0.29, 0.717) is 18.2 Å². The number of halogens is 1. The zero-order chi connectivity index (χ0) is 15.1. The number of benzene rings is 1. The predicted molar refractivity (Wildman–Crippen MR) is 87.6 cm³/mol. The molecule has 116 valence electrons. The van der Waals surface area contributed by atoms with Crippen molar-refractivity contribution in [3.8, 4) is 5.75 Å². The molecule has 0 spiro atoms. The van der Waals surface area contributed by atoms with Gasteiger partial charge in [0, 0.05) is 23.6 Å². The second-order valence-corrected chi connectivity index (χ2v) is 6.48. The smallest absolute Gasteiger partial charge is 0.255 e. The number of carbonyl (C=O) groups excluding carboxylic acids is 1. The zero-order valence-electron chi connectivity index (χ0n) is 12.2. The van der Waals surface area contributed by atoms with Gasteiger partial charge in [0.05, 0.1) is 5.56 Å². The first kappa shape index (κ1) is 16.3. The lowest BCUT2D eigenvalue weighted by Crippen LogP contribution is -2.36. The summed E-state index contributed by atoms with van der Waals surface area (Å²) in [6.07, 6.45) is 7.77. The van der Waals surface area contributed by atoms with Crippen LogP contribution in [-0.2, 0) is 0 Å². The van der Waals surface area contributed by atoms with E-state index < -0.39 is 0 Å². The van der Waals surface area contributed by atoms with E-state index in [2.05, 4.69) is 26.6 Å². The Bertz CT molecular complexity index is 471. The van der Waals surface area contributed by atoms with Crippen LogP contribution in [0.2, 0.25) is 0 Å². The van der Waals surface area contributed by atoms with E-state index in [0.717, 1.165) is 11.0 Å². The Morgan fingerprint density at radius 3 is 2.57 bits per heavy atom. The summed E-state index contributed by atoms with van der Waals surface area (Å²) >= 11 is 3.26. The summed E-state index contributed by atoms with van der Waals surface area (Å²) in [4.78, 5) is 12.0. The molecule has 0 atom stereocenters. The number of amides is 1. The summed E-state index contributed by atoms with van der Waals surface area (Å²) in [6, 6.07) is 5.48. The Balaban J connectivity index is 1.71. The van der Waals surface area contributed by atoms with Crippen LogP contribution < -0.4 is 10.6 Å². The lowest BCUT2D eigenvalue weighted by Gasteiger charge is -2.16. The van der Waals surface area contributed by atoms with Crippen molar-refractivity contribution in [2.75, 3.05) is 13.1 Å². The number of phenolic OH excluding ortho intramolecular Hbond substituents is 1. The van der Waals surface area contributed by atoms with Crippen molar-refractivity contribution in [2.24, 2.45) is 0 Å². The van der Waals surface area contributed by atoms with Gasteiger partial charge < -0.3 is 15.7 Å². The van der Waals surface area contributed by atoms with Crippen LogP contribution in [0.1, 0.15) is 48.9 Å². The van der Waals surface area contributed by atoms with Gasteiger partial charge in [-0.05, 0) is 31.0 Å². The highest BCUT2D eigenvalue weighted by Crippen LogP contribution is 2.22. The molecule has 0 saturated heterocycles. The van der Waals surface area contributed by atoms with E-state index in [9.17, 15) is 9.90 Å². The van der Waals surface area contributed by atoms with Gasteiger partial charge in [0.2, 0.25) is 0 Å². The molecule has 4 nitrogen and oxygen atoms in total. The van der Waals surface area contributed by atoms with Crippen LogP contribution >= 0.6 is 15.9 Å². The molecule has 21 heavy (non-hydrogen) atoms. The van der Waals surface area contributed by atoms with Gasteiger partial charge >= 0.3 is 0 Å². The van der Waals surface area contributed by atoms with Gasteiger partial charge in [-0.3, -0.25) is 4.79 Å². The van der Waals surface area contributed by atoms with Gasteiger partial charge in [0.15, 0.2) is 0 Å². The summed E-state index contributed by atoms with van der Waals surface area (Å²) in [5, 5.41) is 16.1. The molecule has 0 aromatic heterocycles. The average molecular weight is 355 g/mol. The van der Waals surface area contributed by atoms with E-state index in [4.69, 9.17) is 0 Å². The molecule has 1 aliphatic carbocycles. The Kier molecular flexibility index (Phi) is 6.51. The quantitative estimate of drug-likeness (QED) is 0.562. The molecule has 0 bridgehead atoms. The number of hydrogen-bond acceptors (Lipinski definition) is 3. The molecule has 0 unspecified atom stereocenters. The van der Waals surface area contributed by atoms with Gasteiger partial charge in [-0.25, -0.2) is 0 Å². The maximum Gasteiger partial charge on any atom is 0.255 e. The van der Waals surface area contributed by atoms with E-state index in [1.807, 2.05) is 0 Å². The van der Waals surface area contributed by atoms with Gasteiger partial charge in [-0.2, -0.15) is 0 Å². The molecule has 1 aliphatic rings. The second-order valence-electron chi connectivity index (χ2n) is 5.56. The number of carbonyl (C=O) groups is 1. The van der Waals surface area contributed by atoms with Crippen LogP contribution in [0, 0.1) is 0 Å². The molecule has 5 heteroatoms. The summed E-state index contributed by atoms with van der Waals surface area (Å²) in [7, 11) is 0. The minimum absolute atomic E-state index is 0.00129. The topological polar surface area (TPSA) is 61.4 Å². The summed E-state index contributed by atoms with van der Waals surface area (Å²) in [5.41, 5.74) is 0.313. The van der Waals surface area contributed by atoms with Crippen molar-refractivity contribution in [1.29, 1.82) is 0 Å². The lowest BCUT2D eigenvalue weighted by atomic mass is 10.1. The standard InChI is InChI=1S/C16H23BrN2O2/c17-12-7-8-14(15(20)11-12)16(21)19-10-9-18-13-5-3-1-2-4-6-13/h7-8,11,13,18,20H,1-6,9-10H2,(H,19,21). The minimum atomic E-state index is -0.234. The summed E-state index contributed by atoms with van der Waals surface area (Å²) in [5.74, 6) is -0.235. The first-order chi connectivity index (χ1) is 10.2. The molecule has 3 N–H and O–H groups in total. The van der Waals surface area contributed by atoms with Crippen LogP contribution in [-0.4, -0.2) is 30.1 Å². The van der Waals surface area contributed by atoms with E-state index in [-0.39, 0.29) is 11.7 Å². The van der Waals surface area contributed by atoms with Gasteiger partial charge in [-0.15, -0.1) is 0 Å². The Morgan fingerprint density at radius 1 is 1.19 bits per heavy atom. The van der Waals surface area contributed by atoms with Crippen molar-refractivity contribution in [1.82, 2.24) is 10.6 Å². The maximum absolute atomic E-state index is 12.0. The lowest BCUT2D eigenvalue weighted by molar-refractivity contribution is 0.0951. The van der Waals surface area contributed by atoms with Crippen molar-refractivity contribution < 1.29 is 9.90 Å². The van der Waals surface area contributed by atoms with Crippen molar-refractivity contribution >= 4 is 21.8 Å². The van der Waals surface area contributed by atoms with Crippen molar-refractivity contribution in [3.63, 3.8) is 0 Å². The molecular weight excluding hydrogens is 332 g/mol. The molecule has 2 rings (SSSR count). The van der Waals surface area contributed by atoms with Crippen LogP contribution in [0.5, 0.6) is 5.75 Å². The monoisotopic (exact) mass is 354 g/mol. The third kappa shape index (κ3) is 5.32. The van der Waals surface area contributed by atoms with E-state index in [1.54, 1.807) is 12.1 Å². The maximum atomic E-state index is 12.0. The highest BCUT2D eigenvalue weighted by atomic mass is 79.9. The first-order valence-electron chi connectivity index (χ1n) is 7.67. The number of aromatic hydroxyl groups is 1. The SMILES string of the molecule is O=C(NCCNC1CCCCCC1)c1ccc(Br)cc1O. The molecule has 1 amide bonds. The molecule has 1 saturated carbocycles. The molecule has 0 heterocycles. The largest absolute Gasteiger partial charge is 0.507 e. The second kappa shape index (κ2) is 8.39.